The lowest BCUT2D eigenvalue weighted by molar-refractivity contribution is 0.946. The van der Waals surface area contributed by atoms with Gasteiger partial charge in [0.15, 0.2) is 0 Å². The second-order valence-corrected chi connectivity index (χ2v) is 3.67. The van der Waals surface area contributed by atoms with Gasteiger partial charge in [0.25, 0.3) is 0 Å². The van der Waals surface area contributed by atoms with E-state index >= 15 is 0 Å². The standard InChI is InChI=1S/C12H12N2/c1-2-4-11-9(3-1)10-5-7-13-8-6-12(10)14-11/h1-4,7,14H,5-6,8H2. The van der Waals surface area contributed by atoms with Crippen LogP contribution in [0.15, 0.2) is 29.3 Å². The van der Waals surface area contributed by atoms with E-state index < -0.39 is 0 Å². The first kappa shape index (κ1) is 7.80. The summed E-state index contributed by atoms with van der Waals surface area (Å²) in [6.45, 7) is 0.916. The lowest BCUT2D eigenvalue weighted by Crippen LogP contribution is -1.90. The van der Waals surface area contributed by atoms with Gasteiger partial charge in [0, 0.05) is 42.2 Å². The third-order valence-corrected chi connectivity index (χ3v) is 2.82. The molecule has 0 radical (unpaired) electrons. The molecule has 0 bridgehead atoms. The average Bonchev–Trinajstić information content (AvgIpc) is 2.42. The van der Waals surface area contributed by atoms with Crippen LogP contribution in [-0.4, -0.2) is 17.7 Å². The van der Waals surface area contributed by atoms with Crippen LogP contribution in [0.3, 0.4) is 0 Å². The highest BCUT2D eigenvalue weighted by atomic mass is 14.8. The van der Waals surface area contributed by atoms with Gasteiger partial charge in [0.05, 0.1) is 0 Å². The summed E-state index contributed by atoms with van der Waals surface area (Å²) in [5.74, 6) is 0. The molecule has 3 rings (SSSR count). The molecule has 0 aliphatic carbocycles. The predicted molar refractivity (Wildman–Crippen MR) is 59.1 cm³/mol. The van der Waals surface area contributed by atoms with Gasteiger partial charge in [-0.05, 0) is 11.6 Å². The number of aliphatic imine (C=N–C) groups is 1. The quantitative estimate of drug-likeness (QED) is 0.651. The third kappa shape index (κ3) is 1.07. The van der Waals surface area contributed by atoms with Gasteiger partial charge in [-0.2, -0.15) is 0 Å². The maximum absolute atomic E-state index is 4.32. The number of fused-ring (bicyclic) bond motifs is 3. The summed E-state index contributed by atoms with van der Waals surface area (Å²) in [6, 6.07) is 8.50. The Bertz CT molecular complexity index is 494. The molecule has 2 aromatic rings. The average molecular weight is 184 g/mol. The maximum Gasteiger partial charge on any atom is 0.0459 e. The van der Waals surface area contributed by atoms with Crippen molar-refractivity contribution in [2.45, 2.75) is 12.8 Å². The molecular weight excluding hydrogens is 172 g/mol. The Hall–Kier alpha value is -1.57. The van der Waals surface area contributed by atoms with E-state index in [0.29, 0.717) is 0 Å². The lowest BCUT2D eigenvalue weighted by atomic mass is 10.1. The summed E-state index contributed by atoms with van der Waals surface area (Å²) in [4.78, 5) is 7.80. The number of rotatable bonds is 0. The number of nitrogens with zero attached hydrogens (tertiary/aromatic N) is 1. The van der Waals surface area contributed by atoms with Crippen molar-refractivity contribution in [1.82, 2.24) is 4.98 Å². The van der Waals surface area contributed by atoms with E-state index in [1.165, 1.54) is 22.2 Å². The molecule has 2 heteroatoms. The molecule has 2 heterocycles. The minimum atomic E-state index is 0.916. The zero-order valence-corrected chi connectivity index (χ0v) is 7.96. The summed E-state index contributed by atoms with van der Waals surface area (Å²) in [5.41, 5.74) is 4.05. The van der Waals surface area contributed by atoms with E-state index in [9.17, 15) is 0 Å². The second-order valence-electron chi connectivity index (χ2n) is 3.67. The molecule has 0 atom stereocenters. The van der Waals surface area contributed by atoms with Crippen molar-refractivity contribution in [3.63, 3.8) is 0 Å². The van der Waals surface area contributed by atoms with Crippen LogP contribution in [0.2, 0.25) is 0 Å². The molecule has 0 amide bonds. The number of H-pyrrole nitrogens is 1. The fraction of sp³-hybridized carbons (Fsp3) is 0.250. The van der Waals surface area contributed by atoms with Crippen LogP contribution in [0.4, 0.5) is 0 Å². The van der Waals surface area contributed by atoms with Crippen molar-refractivity contribution in [2.24, 2.45) is 4.99 Å². The van der Waals surface area contributed by atoms with Crippen molar-refractivity contribution in [1.29, 1.82) is 0 Å². The van der Waals surface area contributed by atoms with Crippen LogP contribution in [-0.2, 0) is 12.8 Å². The van der Waals surface area contributed by atoms with E-state index in [-0.39, 0.29) is 0 Å². The Kier molecular flexibility index (Phi) is 1.66. The zero-order chi connectivity index (χ0) is 9.38. The molecule has 1 aliphatic heterocycles. The van der Waals surface area contributed by atoms with E-state index in [1.54, 1.807) is 0 Å². The highest BCUT2D eigenvalue weighted by Crippen LogP contribution is 2.23. The van der Waals surface area contributed by atoms with Gasteiger partial charge in [-0.25, -0.2) is 0 Å². The summed E-state index contributed by atoms with van der Waals surface area (Å²) >= 11 is 0. The van der Waals surface area contributed by atoms with Gasteiger partial charge in [-0.3, -0.25) is 4.99 Å². The minimum Gasteiger partial charge on any atom is -0.358 e. The monoisotopic (exact) mass is 184 g/mol. The zero-order valence-electron chi connectivity index (χ0n) is 7.96. The Morgan fingerprint density at radius 2 is 2.14 bits per heavy atom. The van der Waals surface area contributed by atoms with Crippen LogP contribution in [0.5, 0.6) is 0 Å². The SMILES string of the molecule is C1=NCCc2[nH]c3ccccc3c2C1. The highest BCUT2D eigenvalue weighted by molar-refractivity contribution is 5.87. The molecule has 70 valence electrons. The van der Waals surface area contributed by atoms with Gasteiger partial charge in [-0.15, -0.1) is 0 Å². The molecule has 1 aromatic carbocycles. The van der Waals surface area contributed by atoms with E-state index in [0.717, 1.165) is 19.4 Å². The first-order chi connectivity index (χ1) is 6.95. The number of nitrogens with one attached hydrogen (secondary N) is 1. The van der Waals surface area contributed by atoms with Gasteiger partial charge in [-0.1, -0.05) is 18.2 Å². The van der Waals surface area contributed by atoms with Gasteiger partial charge >= 0.3 is 0 Å². The smallest absolute Gasteiger partial charge is 0.0459 e. The largest absolute Gasteiger partial charge is 0.358 e. The number of para-hydroxylation sites is 1. The molecule has 1 aliphatic rings. The van der Waals surface area contributed by atoms with E-state index in [1.807, 2.05) is 6.21 Å². The van der Waals surface area contributed by atoms with Crippen molar-refractivity contribution in [3.8, 4) is 0 Å². The summed E-state index contributed by atoms with van der Waals surface area (Å²) in [7, 11) is 0. The molecule has 0 unspecified atom stereocenters. The topological polar surface area (TPSA) is 28.1 Å². The van der Waals surface area contributed by atoms with Crippen molar-refractivity contribution >= 4 is 17.1 Å². The van der Waals surface area contributed by atoms with Gasteiger partial charge < -0.3 is 4.98 Å². The number of aromatic amines is 1. The molecule has 0 saturated carbocycles. The normalized spacial score (nSPS) is 15.4. The molecule has 1 N–H and O–H groups in total. The summed E-state index contributed by atoms with van der Waals surface area (Å²) in [6.07, 6.45) is 4.05. The van der Waals surface area contributed by atoms with E-state index in [4.69, 9.17) is 0 Å². The number of hydrogen-bond donors (Lipinski definition) is 1. The number of hydrogen-bond acceptors (Lipinski definition) is 1. The molecule has 0 saturated heterocycles. The summed E-state index contributed by atoms with van der Waals surface area (Å²) in [5, 5.41) is 1.36. The molecule has 0 spiro atoms. The van der Waals surface area contributed by atoms with Gasteiger partial charge in [0.1, 0.15) is 0 Å². The van der Waals surface area contributed by atoms with E-state index in [2.05, 4.69) is 34.2 Å². The maximum atomic E-state index is 4.32. The molecule has 2 nitrogen and oxygen atoms in total. The van der Waals surface area contributed by atoms with Crippen LogP contribution in [0.1, 0.15) is 11.3 Å². The molecule has 14 heavy (non-hydrogen) atoms. The Morgan fingerprint density at radius 3 is 3.14 bits per heavy atom. The van der Waals surface area contributed by atoms with Crippen molar-refractivity contribution < 1.29 is 0 Å². The highest BCUT2D eigenvalue weighted by Gasteiger charge is 2.10. The van der Waals surface area contributed by atoms with Crippen LogP contribution >= 0.6 is 0 Å². The lowest BCUT2D eigenvalue weighted by Gasteiger charge is -1.95. The van der Waals surface area contributed by atoms with Gasteiger partial charge in [0.2, 0.25) is 0 Å². The first-order valence-corrected chi connectivity index (χ1v) is 5.02. The predicted octanol–water partition coefficient (Wildman–Crippen LogP) is 2.34. The minimum absolute atomic E-state index is 0.916. The Morgan fingerprint density at radius 1 is 1.21 bits per heavy atom. The molecule has 0 fully saturated rings. The first-order valence-electron chi connectivity index (χ1n) is 5.02. The second kappa shape index (κ2) is 2.98. The number of benzene rings is 1. The fourth-order valence-corrected chi connectivity index (χ4v) is 2.13. The Labute approximate surface area is 82.7 Å². The van der Waals surface area contributed by atoms with Crippen LogP contribution < -0.4 is 0 Å². The van der Waals surface area contributed by atoms with Crippen molar-refractivity contribution in [2.75, 3.05) is 6.54 Å². The van der Waals surface area contributed by atoms with Crippen molar-refractivity contribution in [3.05, 3.63) is 35.5 Å². The molecule has 1 aromatic heterocycles. The summed E-state index contributed by atoms with van der Waals surface area (Å²) < 4.78 is 0. The molecular formula is C12H12N2. The van der Waals surface area contributed by atoms with Crippen LogP contribution in [0.25, 0.3) is 10.9 Å². The third-order valence-electron chi connectivity index (χ3n) is 2.82. The Balaban J connectivity index is 2.29. The van der Waals surface area contributed by atoms with Crippen LogP contribution in [0, 0.1) is 0 Å². The number of aromatic nitrogens is 1. The fourth-order valence-electron chi connectivity index (χ4n) is 2.13.